The van der Waals surface area contributed by atoms with E-state index in [0.717, 1.165) is 0 Å². The highest BCUT2D eigenvalue weighted by Crippen LogP contribution is 2.38. The number of methoxy groups -OCH3 is 3. The van der Waals surface area contributed by atoms with Gasteiger partial charge in [-0.1, -0.05) is 17.3 Å². The molecule has 3 aromatic rings. The van der Waals surface area contributed by atoms with Gasteiger partial charge in [-0.15, -0.1) is 0 Å². The average Bonchev–Trinajstić information content (AvgIpc) is 3.24. The smallest absolute Gasteiger partial charge is 0.244 e. The molecule has 30 heavy (non-hydrogen) atoms. The Kier molecular flexibility index (Phi) is 6.69. The molecular weight excluding hydrogens is 391 g/mol. The normalized spacial score (nSPS) is 10.8. The first-order valence-electron chi connectivity index (χ1n) is 9.02. The Morgan fingerprint density at radius 2 is 1.80 bits per heavy atom. The fourth-order valence-electron chi connectivity index (χ4n) is 2.79. The van der Waals surface area contributed by atoms with Gasteiger partial charge in [-0.25, -0.2) is 4.39 Å². The Bertz CT molecular complexity index is 1040. The van der Waals surface area contributed by atoms with Crippen LogP contribution in [0.25, 0.3) is 17.4 Å². The molecule has 1 amide bonds. The van der Waals surface area contributed by atoms with Crippen molar-refractivity contribution in [2.45, 2.75) is 6.54 Å². The molecule has 0 unspecified atom stereocenters. The van der Waals surface area contributed by atoms with Crippen molar-refractivity contribution < 1.29 is 27.9 Å². The Labute approximate surface area is 173 Å². The van der Waals surface area contributed by atoms with Crippen LogP contribution in [0.5, 0.6) is 17.2 Å². The Morgan fingerprint density at radius 1 is 1.10 bits per heavy atom. The van der Waals surface area contributed by atoms with Crippen LogP contribution in [0.4, 0.5) is 4.39 Å². The molecule has 156 valence electrons. The maximum Gasteiger partial charge on any atom is 0.244 e. The molecule has 0 fully saturated rings. The van der Waals surface area contributed by atoms with Gasteiger partial charge < -0.3 is 24.1 Å². The van der Waals surface area contributed by atoms with Gasteiger partial charge in [0.1, 0.15) is 11.5 Å². The molecule has 2 aromatic carbocycles. The Morgan fingerprint density at radius 3 is 2.43 bits per heavy atom. The standard InChI is InChI=1S/C22H21FN2O5/c1-27-19-10-14(11-20(28-2)22(19)29-3)8-9-21(26)24-13-15-12-18(30-25-15)16-6-4-5-7-17(16)23/h4-12H,13H2,1-3H3,(H,24,26)/b9-8-. The van der Waals surface area contributed by atoms with E-state index in [9.17, 15) is 9.18 Å². The maximum absolute atomic E-state index is 13.8. The summed E-state index contributed by atoms with van der Waals surface area (Å²) in [7, 11) is 4.56. The first-order valence-corrected chi connectivity index (χ1v) is 9.02. The first-order chi connectivity index (χ1) is 14.5. The number of hydrogen-bond acceptors (Lipinski definition) is 6. The van der Waals surface area contributed by atoms with E-state index in [4.69, 9.17) is 18.7 Å². The van der Waals surface area contributed by atoms with Gasteiger partial charge in [0, 0.05) is 12.1 Å². The minimum Gasteiger partial charge on any atom is -0.493 e. The van der Waals surface area contributed by atoms with E-state index < -0.39 is 5.82 Å². The summed E-state index contributed by atoms with van der Waals surface area (Å²) in [5.74, 6) is 1.00. The topological polar surface area (TPSA) is 82.8 Å². The van der Waals surface area contributed by atoms with Crippen LogP contribution in [0.3, 0.4) is 0 Å². The zero-order valence-electron chi connectivity index (χ0n) is 16.8. The lowest BCUT2D eigenvalue weighted by Crippen LogP contribution is -2.20. The van der Waals surface area contributed by atoms with Gasteiger partial charge in [0.25, 0.3) is 0 Å². The van der Waals surface area contributed by atoms with Gasteiger partial charge in [0.15, 0.2) is 17.3 Å². The van der Waals surface area contributed by atoms with Crippen LogP contribution in [-0.2, 0) is 11.3 Å². The highest BCUT2D eigenvalue weighted by Gasteiger charge is 2.13. The van der Waals surface area contributed by atoms with E-state index in [0.29, 0.717) is 39.8 Å². The van der Waals surface area contributed by atoms with Crippen molar-refractivity contribution in [1.29, 1.82) is 0 Å². The van der Waals surface area contributed by atoms with Crippen molar-refractivity contribution in [3.8, 4) is 28.6 Å². The molecule has 7 nitrogen and oxygen atoms in total. The molecule has 1 aromatic heterocycles. The summed E-state index contributed by atoms with van der Waals surface area (Å²) in [6.45, 7) is 0.135. The first kappa shape index (κ1) is 20.9. The third kappa shape index (κ3) is 4.78. The van der Waals surface area contributed by atoms with Crippen molar-refractivity contribution in [3.63, 3.8) is 0 Å². The summed E-state index contributed by atoms with van der Waals surface area (Å²) >= 11 is 0. The van der Waals surface area contributed by atoms with Crippen molar-refractivity contribution in [1.82, 2.24) is 10.5 Å². The number of rotatable bonds is 8. The molecule has 0 atom stereocenters. The molecule has 0 saturated carbocycles. The van der Waals surface area contributed by atoms with Gasteiger partial charge in [-0.05, 0) is 35.9 Å². The van der Waals surface area contributed by atoms with E-state index >= 15 is 0 Å². The number of nitrogens with one attached hydrogen (secondary N) is 1. The number of nitrogens with zero attached hydrogens (tertiary/aromatic N) is 1. The molecule has 0 spiro atoms. The van der Waals surface area contributed by atoms with E-state index in [1.54, 1.807) is 42.5 Å². The maximum atomic E-state index is 13.8. The van der Waals surface area contributed by atoms with Crippen LogP contribution in [0.1, 0.15) is 11.3 Å². The number of ether oxygens (including phenoxy) is 3. The summed E-state index contributed by atoms with van der Waals surface area (Å²) in [5, 5.41) is 6.56. The minimum atomic E-state index is -0.405. The molecule has 0 saturated heterocycles. The predicted octanol–water partition coefficient (Wildman–Crippen LogP) is 3.84. The summed E-state index contributed by atoms with van der Waals surface area (Å²) < 4.78 is 34.9. The predicted molar refractivity (Wildman–Crippen MR) is 109 cm³/mol. The van der Waals surface area contributed by atoms with Crippen LogP contribution < -0.4 is 19.5 Å². The largest absolute Gasteiger partial charge is 0.493 e. The fourth-order valence-corrected chi connectivity index (χ4v) is 2.79. The van der Waals surface area contributed by atoms with Crippen molar-refractivity contribution in [2.24, 2.45) is 0 Å². The quantitative estimate of drug-likeness (QED) is 0.566. The van der Waals surface area contributed by atoms with E-state index in [1.807, 2.05) is 0 Å². The zero-order chi connectivity index (χ0) is 21.5. The molecular formula is C22H21FN2O5. The summed E-state index contributed by atoms with van der Waals surface area (Å²) in [6, 6.07) is 11.3. The second-order valence-electron chi connectivity index (χ2n) is 6.17. The van der Waals surface area contributed by atoms with Crippen LogP contribution in [0.2, 0.25) is 0 Å². The van der Waals surface area contributed by atoms with E-state index in [-0.39, 0.29) is 12.5 Å². The van der Waals surface area contributed by atoms with Gasteiger partial charge in [-0.2, -0.15) is 0 Å². The number of aromatic nitrogens is 1. The molecule has 1 N–H and O–H groups in total. The Balaban J connectivity index is 1.64. The van der Waals surface area contributed by atoms with Crippen molar-refractivity contribution in [3.05, 3.63) is 65.6 Å². The lowest BCUT2D eigenvalue weighted by Gasteiger charge is -2.12. The van der Waals surface area contributed by atoms with Crippen LogP contribution >= 0.6 is 0 Å². The monoisotopic (exact) mass is 412 g/mol. The molecule has 0 aliphatic carbocycles. The number of halogens is 1. The highest BCUT2D eigenvalue weighted by atomic mass is 19.1. The number of benzene rings is 2. The van der Waals surface area contributed by atoms with Crippen molar-refractivity contribution in [2.75, 3.05) is 21.3 Å². The van der Waals surface area contributed by atoms with Crippen LogP contribution in [0.15, 0.2) is 53.1 Å². The Hall–Kier alpha value is -3.81. The molecule has 3 rings (SSSR count). The van der Waals surface area contributed by atoms with Crippen molar-refractivity contribution >= 4 is 12.0 Å². The highest BCUT2D eigenvalue weighted by molar-refractivity contribution is 5.91. The molecule has 0 aliphatic rings. The molecule has 8 heteroatoms. The minimum absolute atomic E-state index is 0.135. The van der Waals surface area contributed by atoms with Gasteiger partial charge in [-0.3, -0.25) is 4.79 Å². The van der Waals surface area contributed by atoms with Crippen LogP contribution in [0, 0.1) is 5.82 Å². The lowest BCUT2D eigenvalue weighted by atomic mass is 10.1. The average molecular weight is 412 g/mol. The number of hydrogen-bond donors (Lipinski definition) is 1. The summed E-state index contributed by atoms with van der Waals surface area (Å²) in [5.41, 5.74) is 1.48. The summed E-state index contributed by atoms with van der Waals surface area (Å²) in [6.07, 6.45) is 2.99. The SMILES string of the molecule is COc1cc(/C=C\C(=O)NCc2cc(-c3ccccc3F)on2)cc(OC)c1OC. The third-order valence-electron chi connectivity index (χ3n) is 4.26. The molecule has 0 radical (unpaired) electrons. The number of amides is 1. The zero-order valence-corrected chi connectivity index (χ0v) is 16.8. The van der Waals surface area contributed by atoms with Gasteiger partial charge >= 0.3 is 0 Å². The van der Waals surface area contributed by atoms with E-state index in [1.165, 1.54) is 33.5 Å². The summed E-state index contributed by atoms with van der Waals surface area (Å²) in [4.78, 5) is 12.1. The molecule has 1 heterocycles. The third-order valence-corrected chi connectivity index (χ3v) is 4.26. The van der Waals surface area contributed by atoms with E-state index in [2.05, 4.69) is 10.5 Å². The molecule has 0 bridgehead atoms. The number of carbonyl (C=O) groups is 1. The van der Waals surface area contributed by atoms with Gasteiger partial charge in [0.05, 0.1) is 33.4 Å². The fraction of sp³-hybridized carbons (Fsp3) is 0.182. The second kappa shape index (κ2) is 9.60. The van der Waals surface area contributed by atoms with Gasteiger partial charge in [0.2, 0.25) is 11.7 Å². The lowest BCUT2D eigenvalue weighted by molar-refractivity contribution is -0.116. The van der Waals surface area contributed by atoms with Crippen LogP contribution in [-0.4, -0.2) is 32.4 Å². The molecule has 0 aliphatic heterocycles. The number of carbonyl (C=O) groups excluding carboxylic acids is 1. The second-order valence-corrected chi connectivity index (χ2v) is 6.17.